The first-order chi connectivity index (χ1) is 16.2. The molecule has 0 radical (unpaired) electrons. The van der Waals surface area contributed by atoms with Crippen molar-refractivity contribution < 1.29 is 14.3 Å². The third-order valence-corrected chi connectivity index (χ3v) is 6.37. The first-order valence-corrected chi connectivity index (χ1v) is 11.2. The molecule has 4 aromatic carbocycles. The Bertz CT molecular complexity index is 1420. The quantitative estimate of drug-likeness (QED) is 0.214. The molecule has 0 saturated carbocycles. The van der Waals surface area contributed by atoms with Gasteiger partial charge in [-0.05, 0) is 62.9 Å². The van der Waals surface area contributed by atoms with Gasteiger partial charge >= 0.3 is 5.97 Å². The molecule has 164 valence electrons. The lowest BCUT2D eigenvalue weighted by atomic mass is 9.84. The van der Waals surface area contributed by atoms with Gasteiger partial charge in [0.15, 0.2) is 0 Å². The third kappa shape index (κ3) is 3.53. The van der Waals surface area contributed by atoms with Crippen LogP contribution in [0.1, 0.15) is 38.8 Å². The highest BCUT2D eigenvalue weighted by atomic mass is 16.5. The van der Waals surface area contributed by atoms with Crippen LogP contribution in [0.2, 0.25) is 0 Å². The van der Waals surface area contributed by atoms with E-state index in [1.165, 1.54) is 0 Å². The predicted octanol–water partition coefficient (Wildman–Crippen LogP) is 6.15. The van der Waals surface area contributed by atoms with Gasteiger partial charge in [-0.3, -0.25) is 9.69 Å². The van der Waals surface area contributed by atoms with Gasteiger partial charge in [0.1, 0.15) is 6.29 Å². The molecular formula is C29H25NO3. The molecular weight excluding hydrogens is 410 g/mol. The van der Waals surface area contributed by atoms with E-state index >= 15 is 0 Å². The summed E-state index contributed by atoms with van der Waals surface area (Å²) in [5, 5.41) is 4.12. The fourth-order valence-electron chi connectivity index (χ4n) is 5.02. The number of rotatable bonds is 5. The van der Waals surface area contributed by atoms with Crippen molar-refractivity contribution in [2.24, 2.45) is 0 Å². The van der Waals surface area contributed by atoms with Gasteiger partial charge in [0.25, 0.3) is 0 Å². The summed E-state index contributed by atoms with van der Waals surface area (Å²) in [7, 11) is 0. The molecule has 1 heterocycles. The second kappa shape index (κ2) is 8.64. The lowest BCUT2D eigenvalue weighted by Gasteiger charge is -2.21. The third-order valence-electron chi connectivity index (χ3n) is 6.37. The molecule has 0 bridgehead atoms. The van der Waals surface area contributed by atoms with Gasteiger partial charge in [0, 0.05) is 25.2 Å². The summed E-state index contributed by atoms with van der Waals surface area (Å²) in [6, 6.07) is 20.2. The van der Waals surface area contributed by atoms with E-state index in [1.807, 2.05) is 61.5 Å². The largest absolute Gasteiger partial charge is 0.462 e. The number of esters is 1. The summed E-state index contributed by atoms with van der Waals surface area (Å²) < 4.78 is 5.47. The lowest BCUT2D eigenvalue weighted by molar-refractivity contribution is 0.0524. The zero-order chi connectivity index (χ0) is 22.9. The van der Waals surface area contributed by atoms with Crippen LogP contribution in [0.15, 0.2) is 73.3 Å². The number of aldehydes is 1. The van der Waals surface area contributed by atoms with Gasteiger partial charge in [-0.1, -0.05) is 54.6 Å². The van der Waals surface area contributed by atoms with Crippen LogP contribution in [-0.2, 0) is 17.8 Å². The van der Waals surface area contributed by atoms with E-state index in [0.717, 1.165) is 50.1 Å². The minimum Gasteiger partial charge on any atom is -0.462 e. The highest BCUT2D eigenvalue weighted by molar-refractivity contribution is 6.12. The van der Waals surface area contributed by atoms with Crippen molar-refractivity contribution in [2.75, 3.05) is 13.2 Å². The Labute approximate surface area is 193 Å². The SMILES string of the molecule is C=CCN1Cc2c(C=O)cc3ccccc3c2-c2c(c(C(=O)OCC)cc3ccccc23)C1. The zero-order valence-corrected chi connectivity index (χ0v) is 18.6. The molecule has 4 heteroatoms. The number of carbonyl (C=O) groups excluding carboxylic acids is 2. The summed E-state index contributed by atoms with van der Waals surface area (Å²) in [5.74, 6) is -0.322. The minimum absolute atomic E-state index is 0.311. The van der Waals surface area contributed by atoms with Crippen molar-refractivity contribution in [1.82, 2.24) is 4.90 Å². The van der Waals surface area contributed by atoms with Crippen molar-refractivity contribution in [1.29, 1.82) is 0 Å². The van der Waals surface area contributed by atoms with Gasteiger partial charge in [-0.2, -0.15) is 0 Å². The predicted molar refractivity (Wildman–Crippen MR) is 133 cm³/mol. The standard InChI is InChI=1S/C29H25NO3/c1-3-13-30-16-25-21(18-31)14-19-9-5-7-11-22(19)27(25)28-23-12-8-6-10-20(23)15-24(26(28)17-30)29(32)33-4-2/h3,5-12,14-15,18H,1,4,13,16-17H2,2H3. The zero-order valence-electron chi connectivity index (χ0n) is 18.6. The van der Waals surface area contributed by atoms with Crippen LogP contribution in [0.5, 0.6) is 0 Å². The first kappa shape index (κ1) is 21.1. The van der Waals surface area contributed by atoms with E-state index < -0.39 is 0 Å². The Morgan fingerprint density at radius 1 is 0.970 bits per heavy atom. The number of carbonyl (C=O) groups is 2. The van der Waals surface area contributed by atoms with Crippen LogP contribution >= 0.6 is 0 Å². The maximum atomic E-state index is 13.1. The highest BCUT2D eigenvalue weighted by Crippen LogP contribution is 2.44. The average Bonchev–Trinajstić information content (AvgIpc) is 3.01. The summed E-state index contributed by atoms with van der Waals surface area (Å²) in [4.78, 5) is 27.6. The van der Waals surface area contributed by atoms with Crippen molar-refractivity contribution in [3.8, 4) is 11.1 Å². The number of fused-ring (bicyclic) bond motifs is 7. The smallest absolute Gasteiger partial charge is 0.338 e. The molecule has 0 atom stereocenters. The fourth-order valence-corrected chi connectivity index (χ4v) is 5.02. The molecule has 0 saturated heterocycles. The van der Waals surface area contributed by atoms with Crippen LogP contribution in [-0.4, -0.2) is 30.3 Å². The van der Waals surface area contributed by atoms with E-state index in [1.54, 1.807) is 0 Å². The van der Waals surface area contributed by atoms with E-state index in [2.05, 4.69) is 23.6 Å². The molecule has 0 unspecified atom stereocenters. The topological polar surface area (TPSA) is 46.6 Å². The minimum atomic E-state index is -0.322. The molecule has 0 fully saturated rings. The Morgan fingerprint density at radius 2 is 1.58 bits per heavy atom. The van der Waals surface area contributed by atoms with Gasteiger partial charge in [-0.15, -0.1) is 6.58 Å². The van der Waals surface area contributed by atoms with Gasteiger partial charge in [0.05, 0.1) is 12.2 Å². The van der Waals surface area contributed by atoms with E-state index in [9.17, 15) is 9.59 Å². The van der Waals surface area contributed by atoms with Crippen molar-refractivity contribution in [2.45, 2.75) is 20.0 Å². The molecule has 33 heavy (non-hydrogen) atoms. The van der Waals surface area contributed by atoms with Crippen LogP contribution in [0.4, 0.5) is 0 Å². The molecule has 4 aromatic rings. The summed E-state index contributed by atoms with van der Waals surface area (Å²) in [6.45, 7) is 7.84. The molecule has 1 aliphatic heterocycles. The molecule has 0 spiro atoms. The number of hydrogen-bond acceptors (Lipinski definition) is 4. The second-order valence-electron chi connectivity index (χ2n) is 8.34. The molecule has 5 rings (SSSR count). The van der Waals surface area contributed by atoms with Gasteiger partial charge < -0.3 is 4.74 Å². The normalized spacial score (nSPS) is 13.2. The second-order valence-corrected chi connectivity index (χ2v) is 8.34. The van der Waals surface area contributed by atoms with Crippen molar-refractivity contribution in [3.05, 3.63) is 95.6 Å². The fraction of sp³-hybridized carbons (Fsp3) is 0.172. The van der Waals surface area contributed by atoms with E-state index in [-0.39, 0.29) is 5.97 Å². The lowest BCUT2D eigenvalue weighted by Crippen LogP contribution is -2.23. The first-order valence-electron chi connectivity index (χ1n) is 11.2. The molecule has 0 N–H and O–H groups in total. The van der Waals surface area contributed by atoms with Gasteiger partial charge in [-0.25, -0.2) is 4.79 Å². The maximum Gasteiger partial charge on any atom is 0.338 e. The monoisotopic (exact) mass is 435 g/mol. The Kier molecular flexibility index (Phi) is 5.53. The molecule has 0 aromatic heterocycles. The number of hydrogen-bond donors (Lipinski definition) is 0. The Balaban J connectivity index is 1.99. The number of nitrogens with zero attached hydrogens (tertiary/aromatic N) is 1. The Hall–Kier alpha value is -3.76. The molecule has 4 nitrogen and oxygen atoms in total. The van der Waals surface area contributed by atoms with Crippen LogP contribution < -0.4 is 0 Å². The molecule has 0 aliphatic carbocycles. The van der Waals surface area contributed by atoms with Crippen molar-refractivity contribution in [3.63, 3.8) is 0 Å². The molecule has 1 aliphatic rings. The molecule has 0 amide bonds. The maximum absolute atomic E-state index is 13.1. The highest BCUT2D eigenvalue weighted by Gasteiger charge is 2.29. The summed E-state index contributed by atoms with van der Waals surface area (Å²) in [6.07, 6.45) is 2.80. The van der Waals surface area contributed by atoms with E-state index in [4.69, 9.17) is 4.74 Å². The van der Waals surface area contributed by atoms with Crippen LogP contribution in [0.25, 0.3) is 32.7 Å². The van der Waals surface area contributed by atoms with Crippen LogP contribution in [0.3, 0.4) is 0 Å². The summed E-state index contributed by atoms with van der Waals surface area (Å²) in [5.41, 5.74) is 5.21. The summed E-state index contributed by atoms with van der Waals surface area (Å²) >= 11 is 0. The van der Waals surface area contributed by atoms with Crippen molar-refractivity contribution >= 4 is 33.8 Å². The number of benzene rings is 4. The Morgan fingerprint density at radius 3 is 2.21 bits per heavy atom. The average molecular weight is 436 g/mol. The van der Waals surface area contributed by atoms with Crippen LogP contribution in [0, 0.1) is 0 Å². The number of ether oxygens (including phenoxy) is 1. The van der Waals surface area contributed by atoms with E-state index in [0.29, 0.717) is 37.4 Å². The van der Waals surface area contributed by atoms with Gasteiger partial charge in [0.2, 0.25) is 0 Å².